The molecule has 0 radical (unpaired) electrons. The first kappa shape index (κ1) is 22.5. The number of methoxy groups -OCH3 is 1. The highest BCUT2D eigenvalue weighted by atomic mass is 19.2. The van der Waals surface area contributed by atoms with E-state index in [0.29, 0.717) is 17.9 Å². The molecule has 8 heteroatoms. The zero-order valence-electron chi connectivity index (χ0n) is 19.2. The molecule has 1 atom stereocenters. The number of fused-ring (bicyclic) bond motifs is 1. The lowest BCUT2D eigenvalue weighted by Gasteiger charge is -2.29. The predicted octanol–water partition coefficient (Wildman–Crippen LogP) is 4.21. The van der Waals surface area contributed by atoms with E-state index in [1.54, 1.807) is 11.8 Å². The van der Waals surface area contributed by atoms with Crippen LogP contribution in [0, 0.1) is 11.6 Å². The number of benzene rings is 2. The monoisotopic (exact) mass is 466 g/mol. The maximum atomic E-state index is 13.9. The Labute approximate surface area is 197 Å². The lowest BCUT2D eigenvalue weighted by atomic mass is 10.0. The number of aromatic nitrogens is 2. The number of hydrogen-bond donors (Lipinski definition) is 1. The molecule has 1 aromatic heterocycles. The van der Waals surface area contributed by atoms with Gasteiger partial charge in [0.1, 0.15) is 5.75 Å². The minimum Gasteiger partial charge on any atom is -0.496 e. The Kier molecular flexibility index (Phi) is 6.32. The summed E-state index contributed by atoms with van der Waals surface area (Å²) in [5, 5.41) is 7.63. The highest BCUT2D eigenvalue weighted by Crippen LogP contribution is 2.32. The summed E-state index contributed by atoms with van der Waals surface area (Å²) in [6.07, 6.45) is 4.64. The molecule has 1 amide bonds. The van der Waals surface area contributed by atoms with Gasteiger partial charge in [0, 0.05) is 29.4 Å². The number of halogens is 2. The molecule has 1 aliphatic heterocycles. The van der Waals surface area contributed by atoms with Crippen LogP contribution in [0.25, 0.3) is 5.69 Å². The molecular formula is C26H28F2N4O2. The number of nitrogens with one attached hydrogen (secondary N) is 1. The first-order valence-electron chi connectivity index (χ1n) is 11.8. The number of carbonyl (C=O) groups is 1. The lowest BCUT2D eigenvalue weighted by Crippen LogP contribution is -2.37. The zero-order chi connectivity index (χ0) is 23.7. The Bertz CT molecular complexity index is 1200. The third-order valence-electron chi connectivity index (χ3n) is 6.83. The molecule has 34 heavy (non-hydrogen) atoms. The molecule has 0 spiro atoms. The van der Waals surface area contributed by atoms with Crippen LogP contribution in [0.4, 0.5) is 8.78 Å². The minimum atomic E-state index is -0.934. The van der Waals surface area contributed by atoms with Gasteiger partial charge in [-0.2, -0.15) is 5.10 Å². The fraction of sp³-hybridized carbons (Fsp3) is 0.385. The zero-order valence-corrected chi connectivity index (χ0v) is 19.2. The van der Waals surface area contributed by atoms with Crippen LogP contribution in [0.5, 0.6) is 5.75 Å². The van der Waals surface area contributed by atoms with Crippen molar-refractivity contribution in [1.82, 2.24) is 20.0 Å². The van der Waals surface area contributed by atoms with E-state index in [1.807, 2.05) is 24.3 Å². The van der Waals surface area contributed by atoms with E-state index in [0.717, 1.165) is 79.9 Å². The van der Waals surface area contributed by atoms with Gasteiger partial charge in [-0.05, 0) is 63.4 Å². The third kappa shape index (κ3) is 4.18. The van der Waals surface area contributed by atoms with Crippen molar-refractivity contribution in [3.63, 3.8) is 0 Å². The summed E-state index contributed by atoms with van der Waals surface area (Å²) < 4.78 is 34.5. The van der Waals surface area contributed by atoms with Gasteiger partial charge in [0.2, 0.25) is 0 Å². The number of likely N-dealkylation sites (tertiary alicyclic amines) is 1. The molecule has 5 rings (SSSR count). The summed E-state index contributed by atoms with van der Waals surface area (Å²) in [4.78, 5) is 15.7. The van der Waals surface area contributed by atoms with Crippen molar-refractivity contribution >= 4 is 5.91 Å². The maximum absolute atomic E-state index is 13.9. The molecule has 0 bridgehead atoms. The van der Waals surface area contributed by atoms with E-state index in [2.05, 4.69) is 15.3 Å². The Morgan fingerprint density at radius 2 is 1.88 bits per heavy atom. The van der Waals surface area contributed by atoms with E-state index in [4.69, 9.17) is 4.74 Å². The molecule has 178 valence electrons. The van der Waals surface area contributed by atoms with Crippen molar-refractivity contribution in [2.75, 3.05) is 26.7 Å². The second-order valence-electron chi connectivity index (χ2n) is 8.85. The smallest absolute Gasteiger partial charge is 0.272 e. The van der Waals surface area contributed by atoms with Gasteiger partial charge >= 0.3 is 0 Å². The first-order chi connectivity index (χ1) is 16.6. The van der Waals surface area contributed by atoms with Gasteiger partial charge in [0.25, 0.3) is 5.91 Å². The summed E-state index contributed by atoms with van der Waals surface area (Å²) in [7, 11) is 1.66. The van der Waals surface area contributed by atoms with E-state index in [9.17, 15) is 13.6 Å². The van der Waals surface area contributed by atoms with Crippen molar-refractivity contribution in [2.45, 2.75) is 38.1 Å². The van der Waals surface area contributed by atoms with Gasteiger partial charge in [0.05, 0.1) is 18.8 Å². The number of hydrogen-bond acceptors (Lipinski definition) is 4. The number of ether oxygens (including phenoxy) is 1. The van der Waals surface area contributed by atoms with Crippen molar-refractivity contribution in [3.05, 3.63) is 76.6 Å². The minimum absolute atomic E-state index is 0.0103. The van der Waals surface area contributed by atoms with Crippen LogP contribution in [0.1, 0.15) is 52.6 Å². The van der Waals surface area contributed by atoms with Crippen LogP contribution in [0.2, 0.25) is 0 Å². The molecule has 2 aliphatic rings. The van der Waals surface area contributed by atoms with Crippen molar-refractivity contribution in [1.29, 1.82) is 0 Å². The summed E-state index contributed by atoms with van der Waals surface area (Å²) in [6, 6.07) is 11.6. The van der Waals surface area contributed by atoms with Crippen LogP contribution in [-0.2, 0) is 12.8 Å². The fourth-order valence-electron chi connectivity index (χ4n) is 5.15. The highest BCUT2D eigenvalue weighted by molar-refractivity contribution is 5.94. The van der Waals surface area contributed by atoms with E-state index < -0.39 is 11.6 Å². The van der Waals surface area contributed by atoms with Crippen LogP contribution < -0.4 is 10.1 Å². The summed E-state index contributed by atoms with van der Waals surface area (Å²) in [5.41, 5.74) is 3.59. The quantitative estimate of drug-likeness (QED) is 0.567. The Morgan fingerprint density at radius 1 is 1.09 bits per heavy atom. The molecule has 1 N–H and O–H groups in total. The van der Waals surface area contributed by atoms with E-state index in [-0.39, 0.29) is 11.9 Å². The van der Waals surface area contributed by atoms with Crippen LogP contribution in [0.15, 0.2) is 42.5 Å². The SMILES string of the molecule is COc1ccccc1C(CNC(=O)c1nn(-c2ccc(F)c(F)c2)c2c1CCC2)N1CCCC1. The normalized spacial score (nSPS) is 16.4. The molecule has 0 saturated carbocycles. The van der Waals surface area contributed by atoms with Crippen LogP contribution in [-0.4, -0.2) is 47.3 Å². The molecule has 3 aromatic rings. The molecular weight excluding hydrogens is 438 g/mol. The van der Waals surface area contributed by atoms with E-state index in [1.165, 1.54) is 6.07 Å². The number of amides is 1. The van der Waals surface area contributed by atoms with Crippen molar-refractivity contribution < 1.29 is 18.3 Å². The fourth-order valence-corrected chi connectivity index (χ4v) is 5.15. The van der Waals surface area contributed by atoms with Gasteiger partial charge in [-0.1, -0.05) is 18.2 Å². The lowest BCUT2D eigenvalue weighted by molar-refractivity contribution is 0.0931. The van der Waals surface area contributed by atoms with Gasteiger partial charge in [-0.25, -0.2) is 13.5 Å². The molecule has 2 aromatic carbocycles. The molecule has 1 saturated heterocycles. The van der Waals surface area contributed by atoms with Crippen molar-refractivity contribution in [3.8, 4) is 11.4 Å². The summed E-state index contributed by atoms with van der Waals surface area (Å²) in [6.45, 7) is 2.36. The Hall–Kier alpha value is -3.26. The van der Waals surface area contributed by atoms with Gasteiger partial charge in [-0.15, -0.1) is 0 Å². The molecule has 1 unspecified atom stereocenters. The van der Waals surface area contributed by atoms with Crippen LogP contribution in [0.3, 0.4) is 0 Å². The topological polar surface area (TPSA) is 59.4 Å². The first-order valence-corrected chi connectivity index (χ1v) is 11.8. The highest BCUT2D eigenvalue weighted by Gasteiger charge is 2.30. The number of nitrogens with zero attached hydrogens (tertiary/aromatic N) is 3. The number of carbonyl (C=O) groups excluding carboxylic acids is 1. The second kappa shape index (κ2) is 9.54. The van der Waals surface area contributed by atoms with Gasteiger partial charge in [0.15, 0.2) is 17.3 Å². The molecule has 2 heterocycles. The summed E-state index contributed by atoms with van der Waals surface area (Å²) in [5.74, 6) is -1.29. The molecule has 6 nitrogen and oxygen atoms in total. The molecule has 1 fully saturated rings. The van der Waals surface area contributed by atoms with Gasteiger partial charge in [-0.3, -0.25) is 9.69 Å². The third-order valence-corrected chi connectivity index (χ3v) is 6.83. The second-order valence-corrected chi connectivity index (χ2v) is 8.85. The maximum Gasteiger partial charge on any atom is 0.272 e. The van der Waals surface area contributed by atoms with Gasteiger partial charge < -0.3 is 10.1 Å². The van der Waals surface area contributed by atoms with E-state index >= 15 is 0 Å². The average Bonchev–Trinajstić information content (AvgIpc) is 3.60. The standard InChI is InChI=1S/C26H28F2N4O2/c1-34-24-10-3-2-7-18(24)23(31-13-4-5-14-31)16-29-26(33)25-19-8-6-9-22(19)32(30-25)17-11-12-20(27)21(28)15-17/h2-3,7,10-12,15,23H,4-6,8-9,13-14,16H2,1H3,(H,29,33). The van der Waals surface area contributed by atoms with Crippen LogP contribution >= 0.6 is 0 Å². The number of para-hydroxylation sites is 1. The largest absolute Gasteiger partial charge is 0.496 e. The Balaban J connectivity index is 1.41. The Morgan fingerprint density at radius 3 is 2.65 bits per heavy atom. The summed E-state index contributed by atoms with van der Waals surface area (Å²) >= 11 is 0. The van der Waals surface area contributed by atoms with Crippen molar-refractivity contribution in [2.24, 2.45) is 0 Å². The number of rotatable bonds is 7. The molecule has 1 aliphatic carbocycles. The average molecular weight is 467 g/mol. The predicted molar refractivity (Wildman–Crippen MR) is 124 cm³/mol.